The number of nitrogens with zero attached hydrogens (tertiary/aromatic N) is 2. The van der Waals surface area contributed by atoms with Gasteiger partial charge < -0.3 is 4.90 Å². The third-order valence-electron chi connectivity index (χ3n) is 5.84. The molecule has 4 rings (SSSR count). The highest BCUT2D eigenvalue weighted by Gasteiger charge is 2.23. The average molecular weight is 460 g/mol. The number of sulfonamides is 1. The summed E-state index contributed by atoms with van der Waals surface area (Å²) in [6.45, 7) is 2.54. The summed E-state index contributed by atoms with van der Waals surface area (Å²) < 4.78 is 27.9. The highest BCUT2D eigenvalue weighted by atomic mass is 32.2. The molecular formula is C26H25N3O3S. The normalized spacial score (nSPS) is 13.2. The summed E-state index contributed by atoms with van der Waals surface area (Å²) >= 11 is 0. The smallest absolute Gasteiger partial charge is 0.261 e. The van der Waals surface area contributed by atoms with E-state index < -0.39 is 10.0 Å². The van der Waals surface area contributed by atoms with E-state index in [1.54, 1.807) is 47.4 Å². The third kappa shape index (κ3) is 5.07. The van der Waals surface area contributed by atoms with Crippen LogP contribution >= 0.6 is 0 Å². The van der Waals surface area contributed by atoms with Gasteiger partial charge in [-0.25, -0.2) is 8.42 Å². The number of nitrogens with one attached hydrogen (secondary N) is 1. The second-order valence-electron chi connectivity index (χ2n) is 8.17. The largest absolute Gasteiger partial charge is 0.312 e. The van der Waals surface area contributed by atoms with E-state index in [-0.39, 0.29) is 10.8 Å². The molecule has 6 nitrogen and oxygen atoms in total. The number of hydrogen-bond acceptors (Lipinski definition) is 4. The second kappa shape index (κ2) is 9.47. The van der Waals surface area contributed by atoms with Crippen molar-refractivity contribution in [2.75, 3.05) is 16.2 Å². The van der Waals surface area contributed by atoms with Crippen LogP contribution in [0.2, 0.25) is 0 Å². The van der Waals surface area contributed by atoms with Crippen molar-refractivity contribution >= 4 is 27.3 Å². The van der Waals surface area contributed by atoms with Crippen molar-refractivity contribution in [1.29, 1.82) is 5.26 Å². The number of benzene rings is 3. The molecular weight excluding hydrogens is 434 g/mol. The fourth-order valence-electron chi connectivity index (χ4n) is 4.13. The summed E-state index contributed by atoms with van der Waals surface area (Å²) in [5, 5.41) is 9.08. The Labute approximate surface area is 194 Å². The van der Waals surface area contributed by atoms with Crippen LogP contribution < -0.4 is 9.62 Å². The van der Waals surface area contributed by atoms with Gasteiger partial charge in [0.1, 0.15) is 0 Å². The molecule has 7 heteroatoms. The minimum Gasteiger partial charge on any atom is -0.312 e. The Hall–Kier alpha value is -3.63. The standard InChI is InChI=1S/C26H25N3O3S/c1-19-16-20(9-11-22(19)18-27)10-14-26(30)29-15-5-6-21-17-23(12-13-25(21)29)28-33(31,32)24-7-3-2-4-8-24/h2-4,7-9,11-13,16-17,28H,5-6,10,14-15H2,1H3. The van der Waals surface area contributed by atoms with Gasteiger partial charge in [0.15, 0.2) is 0 Å². The number of nitriles is 1. The Morgan fingerprint density at radius 3 is 2.61 bits per heavy atom. The van der Waals surface area contributed by atoms with Crippen LogP contribution in [-0.4, -0.2) is 20.9 Å². The molecule has 1 amide bonds. The zero-order chi connectivity index (χ0) is 23.4. The summed E-state index contributed by atoms with van der Waals surface area (Å²) in [6.07, 6.45) is 2.58. The molecule has 0 aliphatic carbocycles. The van der Waals surface area contributed by atoms with E-state index in [1.807, 2.05) is 31.2 Å². The van der Waals surface area contributed by atoms with Crippen molar-refractivity contribution in [3.8, 4) is 6.07 Å². The van der Waals surface area contributed by atoms with Crippen molar-refractivity contribution < 1.29 is 13.2 Å². The van der Waals surface area contributed by atoms with Gasteiger partial charge in [0, 0.05) is 24.3 Å². The summed E-state index contributed by atoms with van der Waals surface area (Å²) in [7, 11) is -3.67. The van der Waals surface area contributed by atoms with Crippen LogP contribution in [0, 0.1) is 18.3 Å². The summed E-state index contributed by atoms with van der Waals surface area (Å²) in [5.41, 5.74) is 4.87. The predicted molar refractivity (Wildman–Crippen MR) is 129 cm³/mol. The summed E-state index contributed by atoms with van der Waals surface area (Å²) in [6, 6.07) is 21.4. The molecule has 0 saturated heterocycles. The Morgan fingerprint density at radius 2 is 1.88 bits per heavy atom. The molecule has 0 aromatic heterocycles. The van der Waals surface area contributed by atoms with E-state index in [2.05, 4.69) is 10.8 Å². The van der Waals surface area contributed by atoms with Crippen molar-refractivity contribution in [3.63, 3.8) is 0 Å². The van der Waals surface area contributed by atoms with Gasteiger partial charge in [0.05, 0.1) is 16.5 Å². The SMILES string of the molecule is Cc1cc(CCC(=O)N2CCCc3cc(NS(=O)(=O)c4ccccc4)ccc32)ccc1C#N. The number of rotatable bonds is 6. The van der Waals surface area contributed by atoms with Gasteiger partial charge in [-0.1, -0.05) is 30.3 Å². The number of hydrogen-bond donors (Lipinski definition) is 1. The quantitative estimate of drug-likeness (QED) is 0.584. The van der Waals surface area contributed by atoms with Crippen LogP contribution in [0.4, 0.5) is 11.4 Å². The van der Waals surface area contributed by atoms with Crippen LogP contribution in [0.3, 0.4) is 0 Å². The fourth-order valence-corrected chi connectivity index (χ4v) is 5.20. The minimum absolute atomic E-state index is 0.0376. The Bertz CT molecular complexity index is 1330. The Kier molecular flexibility index (Phi) is 6.47. The van der Waals surface area contributed by atoms with Crippen LogP contribution in [0.25, 0.3) is 0 Å². The molecule has 168 valence electrons. The molecule has 1 N–H and O–H groups in total. The average Bonchev–Trinajstić information content (AvgIpc) is 2.82. The first-order valence-corrected chi connectivity index (χ1v) is 12.4. The lowest BCUT2D eigenvalue weighted by Crippen LogP contribution is -2.35. The molecule has 1 aliphatic rings. The molecule has 0 unspecified atom stereocenters. The Morgan fingerprint density at radius 1 is 1.09 bits per heavy atom. The summed E-state index contributed by atoms with van der Waals surface area (Å²) in [4.78, 5) is 15.0. The maximum Gasteiger partial charge on any atom is 0.261 e. The topological polar surface area (TPSA) is 90.3 Å². The zero-order valence-electron chi connectivity index (χ0n) is 18.4. The second-order valence-corrected chi connectivity index (χ2v) is 9.85. The Balaban J connectivity index is 1.47. The molecule has 0 fully saturated rings. The lowest BCUT2D eigenvalue weighted by molar-refractivity contribution is -0.118. The van der Waals surface area contributed by atoms with Gasteiger partial charge in [0.2, 0.25) is 5.91 Å². The zero-order valence-corrected chi connectivity index (χ0v) is 19.2. The molecule has 0 spiro atoms. The van der Waals surface area contributed by atoms with Gasteiger partial charge in [-0.2, -0.15) is 5.26 Å². The lowest BCUT2D eigenvalue weighted by atomic mass is 9.99. The monoisotopic (exact) mass is 459 g/mol. The molecule has 0 saturated carbocycles. The maximum absolute atomic E-state index is 13.0. The fraction of sp³-hybridized carbons (Fsp3) is 0.231. The number of aryl methyl sites for hydroxylation is 3. The first-order chi connectivity index (χ1) is 15.9. The molecule has 0 atom stereocenters. The highest BCUT2D eigenvalue weighted by Crippen LogP contribution is 2.31. The van der Waals surface area contributed by atoms with Crippen LogP contribution in [0.5, 0.6) is 0 Å². The number of carbonyl (C=O) groups is 1. The van der Waals surface area contributed by atoms with Crippen LogP contribution in [0.1, 0.15) is 35.1 Å². The molecule has 0 bridgehead atoms. The molecule has 3 aromatic rings. The molecule has 1 heterocycles. The third-order valence-corrected chi connectivity index (χ3v) is 7.24. The maximum atomic E-state index is 13.0. The number of amides is 1. The lowest BCUT2D eigenvalue weighted by Gasteiger charge is -2.30. The van der Waals surface area contributed by atoms with Gasteiger partial charge in [-0.05, 0) is 79.3 Å². The van der Waals surface area contributed by atoms with E-state index in [1.165, 1.54) is 0 Å². The summed E-state index contributed by atoms with van der Waals surface area (Å²) in [5.74, 6) is 0.0376. The van der Waals surface area contributed by atoms with Crippen LogP contribution in [0.15, 0.2) is 71.6 Å². The number of anilines is 2. The molecule has 0 radical (unpaired) electrons. The molecule has 3 aromatic carbocycles. The highest BCUT2D eigenvalue weighted by molar-refractivity contribution is 7.92. The van der Waals surface area contributed by atoms with Gasteiger partial charge in [-0.15, -0.1) is 0 Å². The van der Waals surface area contributed by atoms with Crippen molar-refractivity contribution in [3.05, 3.63) is 89.0 Å². The van der Waals surface area contributed by atoms with Crippen molar-refractivity contribution in [1.82, 2.24) is 0 Å². The van der Waals surface area contributed by atoms with Crippen LogP contribution in [-0.2, 0) is 27.7 Å². The van der Waals surface area contributed by atoms with Crippen molar-refractivity contribution in [2.24, 2.45) is 0 Å². The van der Waals surface area contributed by atoms with Gasteiger partial charge in [-0.3, -0.25) is 9.52 Å². The van der Waals surface area contributed by atoms with E-state index >= 15 is 0 Å². The van der Waals surface area contributed by atoms with Gasteiger partial charge in [0.25, 0.3) is 10.0 Å². The minimum atomic E-state index is -3.67. The van der Waals surface area contributed by atoms with E-state index in [4.69, 9.17) is 5.26 Å². The van der Waals surface area contributed by atoms with E-state index in [0.717, 1.165) is 35.2 Å². The van der Waals surface area contributed by atoms with Gasteiger partial charge >= 0.3 is 0 Å². The first-order valence-electron chi connectivity index (χ1n) is 10.9. The molecule has 1 aliphatic heterocycles. The van der Waals surface area contributed by atoms with Crippen molar-refractivity contribution in [2.45, 2.75) is 37.5 Å². The predicted octanol–water partition coefficient (Wildman–Crippen LogP) is 4.58. The number of carbonyl (C=O) groups excluding carboxylic acids is 1. The molecule has 33 heavy (non-hydrogen) atoms. The van der Waals surface area contributed by atoms with E-state index in [0.29, 0.717) is 30.6 Å². The van der Waals surface area contributed by atoms with E-state index in [9.17, 15) is 13.2 Å². The number of fused-ring (bicyclic) bond motifs is 1. The first kappa shape index (κ1) is 22.6.